The summed E-state index contributed by atoms with van der Waals surface area (Å²) in [6, 6.07) is 13.6. The van der Waals surface area contributed by atoms with Crippen LogP contribution in [0.5, 0.6) is 0 Å². The Balaban J connectivity index is 2.39. The second-order valence-corrected chi connectivity index (χ2v) is 5.31. The lowest BCUT2D eigenvalue weighted by Crippen LogP contribution is -2.29. The summed E-state index contributed by atoms with van der Waals surface area (Å²) in [7, 11) is -1.47. The average Bonchev–Trinajstić information content (AvgIpc) is 2.90. The van der Waals surface area contributed by atoms with Gasteiger partial charge in [-0.3, -0.25) is 0 Å². The maximum absolute atomic E-state index is 9.45. The molecule has 1 aromatic heterocycles. The van der Waals surface area contributed by atoms with Crippen molar-refractivity contribution in [3.05, 3.63) is 73.3 Å². The molecule has 114 valence electrons. The van der Waals surface area contributed by atoms with E-state index in [1.807, 2.05) is 55.5 Å². The zero-order valence-corrected chi connectivity index (χ0v) is 13.0. The molecular weight excluding hydrogens is 285 g/mol. The van der Waals surface area contributed by atoms with Gasteiger partial charge in [-0.2, -0.15) is 0 Å². The second-order valence-electron chi connectivity index (χ2n) is 5.31. The summed E-state index contributed by atoms with van der Waals surface area (Å²) in [5.74, 6) is 0. The van der Waals surface area contributed by atoms with Crippen LogP contribution in [0.2, 0.25) is 0 Å². The normalized spacial score (nSPS) is 12.4. The van der Waals surface area contributed by atoms with E-state index in [2.05, 4.69) is 17.2 Å². The fraction of sp³-hybridized carbons (Fsp3) is 0.0526. The van der Waals surface area contributed by atoms with Crippen molar-refractivity contribution in [3.8, 4) is 0 Å². The summed E-state index contributed by atoms with van der Waals surface area (Å²) in [5.41, 5.74) is 3.63. The quantitative estimate of drug-likeness (QED) is 0.575. The zero-order chi connectivity index (χ0) is 16.4. The molecule has 3 nitrogen and oxygen atoms in total. The highest BCUT2D eigenvalue weighted by molar-refractivity contribution is 6.59. The molecule has 1 heterocycles. The Bertz CT molecular complexity index is 935. The van der Waals surface area contributed by atoms with E-state index in [-0.39, 0.29) is 0 Å². The first-order chi connectivity index (χ1) is 11.2. The SMILES string of the molecule is C=C/C=C\C(=C/C)n1c2ccccc2c2cc(B(O)O)ccc21. The third-order valence-corrected chi connectivity index (χ3v) is 3.95. The maximum atomic E-state index is 9.45. The van der Waals surface area contributed by atoms with Gasteiger partial charge in [0.05, 0.1) is 11.0 Å². The summed E-state index contributed by atoms with van der Waals surface area (Å²) >= 11 is 0. The van der Waals surface area contributed by atoms with Crippen molar-refractivity contribution in [1.29, 1.82) is 0 Å². The molecule has 0 radical (unpaired) electrons. The Morgan fingerprint density at radius 3 is 2.52 bits per heavy atom. The largest absolute Gasteiger partial charge is 0.488 e. The van der Waals surface area contributed by atoms with Gasteiger partial charge in [0, 0.05) is 16.5 Å². The second kappa shape index (κ2) is 6.28. The lowest BCUT2D eigenvalue weighted by molar-refractivity contribution is 0.426. The number of para-hydroxylation sites is 1. The van der Waals surface area contributed by atoms with E-state index in [1.165, 1.54) is 0 Å². The summed E-state index contributed by atoms with van der Waals surface area (Å²) in [6.07, 6.45) is 7.70. The first-order valence-corrected chi connectivity index (χ1v) is 7.52. The molecule has 0 fully saturated rings. The van der Waals surface area contributed by atoms with Gasteiger partial charge in [-0.15, -0.1) is 0 Å². The Hall–Kier alpha value is -2.56. The van der Waals surface area contributed by atoms with E-state index in [1.54, 1.807) is 12.1 Å². The fourth-order valence-corrected chi connectivity index (χ4v) is 2.90. The van der Waals surface area contributed by atoms with Gasteiger partial charge < -0.3 is 14.6 Å². The smallest absolute Gasteiger partial charge is 0.423 e. The van der Waals surface area contributed by atoms with Crippen molar-refractivity contribution >= 4 is 40.1 Å². The molecule has 0 spiro atoms. The molecule has 0 amide bonds. The minimum Gasteiger partial charge on any atom is -0.423 e. The van der Waals surface area contributed by atoms with Crippen molar-refractivity contribution in [2.75, 3.05) is 0 Å². The van der Waals surface area contributed by atoms with Gasteiger partial charge in [-0.05, 0) is 30.6 Å². The summed E-state index contributed by atoms with van der Waals surface area (Å²) in [4.78, 5) is 0. The number of benzene rings is 2. The topological polar surface area (TPSA) is 45.4 Å². The lowest BCUT2D eigenvalue weighted by atomic mass is 9.80. The van der Waals surface area contributed by atoms with Crippen LogP contribution in [0, 0.1) is 0 Å². The van der Waals surface area contributed by atoms with Crippen LogP contribution < -0.4 is 5.46 Å². The van der Waals surface area contributed by atoms with Gasteiger partial charge in [-0.25, -0.2) is 0 Å². The number of rotatable bonds is 4. The Labute approximate surface area is 135 Å². The third-order valence-electron chi connectivity index (χ3n) is 3.95. The summed E-state index contributed by atoms with van der Waals surface area (Å²) < 4.78 is 2.16. The van der Waals surface area contributed by atoms with Crippen LogP contribution in [0.1, 0.15) is 6.92 Å². The molecule has 0 bridgehead atoms. The molecular formula is C19H18BNO2. The molecule has 2 aromatic carbocycles. The highest BCUT2D eigenvalue weighted by atomic mass is 16.4. The first-order valence-electron chi connectivity index (χ1n) is 7.52. The Morgan fingerprint density at radius 2 is 1.83 bits per heavy atom. The van der Waals surface area contributed by atoms with Crippen molar-refractivity contribution in [2.45, 2.75) is 6.92 Å². The van der Waals surface area contributed by atoms with Gasteiger partial charge in [0.2, 0.25) is 0 Å². The predicted octanol–water partition coefficient (Wildman–Crippen LogP) is 3.08. The number of hydrogen-bond acceptors (Lipinski definition) is 2. The molecule has 0 unspecified atom stereocenters. The van der Waals surface area contributed by atoms with E-state index >= 15 is 0 Å². The average molecular weight is 303 g/mol. The summed E-state index contributed by atoms with van der Waals surface area (Å²) in [5, 5.41) is 21.0. The molecule has 0 aliphatic carbocycles. The highest BCUT2D eigenvalue weighted by Gasteiger charge is 2.16. The molecule has 3 aromatic rings. The van der Waals surface area contributed by atoms with Gasteiger partial charge in [-0.1, -0.05) is 55.1 Å². The molecule has 0 saturated carbocycles. The van der Waals surface area contributed by atoms with Crippen LogP contribution in [-0.2, 0) is 0 Å². The van der Waals surface area contributed by atoms with Gasteiger partial charge >= 0.3 is 7.12 Å². The number of nitrogens with zero attached hydrogens (tertiary/aromatic N) is 1. The van der Waals surface area contributed by atoms with Gasteiger partial charge in [0.1, 0.15) is 0 Å². The van der Waals surface area contributed by atoms with Crippen molar-refractivity contribution < 1.29 is 10.0 Å². The number of allylic oxidation sites excluding steroid dienone is 5. The van der Waals surface area contributed by atoms with Crippen molar-refractivity contribution in [1.82, 2.24) is 4.57 Å². The van der Waals surface area contributed by atoms with E-state index in [4.69, 9.17) is 0 Å². The molecule has 2 N–H and O–H groups in total. The molecule has 4 heteroatoms. The maximum Gasteiger partial charge on any atom is 0.488 e. The van der Waals surface area contributed by atoms with Crippen LogP contribution in [0.15, 0.2) is 73.3 Å². The van der Waals surface area contributed by atoms with E-state index in [9.17, 15) is 10.0 Å². The lowest BCUT2D eigenvalue weighted by Gasteiger charge is -2.08. The number of hydrogen-bond donors (Lipinski definition) is 2. The molecule has 3 rings (SSSR count). The van der Waals surface area contributed by atoms with Crippen LogP contribution in [0.4, 0.5) is 0 Å². The standard InChI is InChI=1S/C19H18BNO2/c1-3-5-8-15(4-2)21-18-10-7-6-9-16(18)17-13-14(20(22)23)11-12-19(17)21/h3-13,22-23H,1H2,2H3/b8-5-,15-4+. The Morgan fingerprint density at radius 1 is 1.09 bits per heavy atom. The minimum atomic E-state index is -1.47. The van der Waals surface area contributed by atoms with Crippen molar-refractivity contribution in [2.24, 2.45) is 0 Å². The zero-order valence-electron chi connectivity index (χ0n) is 13.0. The van der Waals surface area contributed by atoms with Crippen LogP contribution in [0.3, 0.4) is 0 Å². The monoisotopic (exact) mass is 303 g/mol. The molecule has 0 aliphatic rings. The van der Waals surface area contributed by atoms with E-state index < -0.39 is 7.12 Å². The molecule has 0 aliphatic heterocycles. The fourth-order valence-electron chi connectivity index (χ4n) is 2.90. The summed E-state index contributed by atoms with van der Waals surface area (Å²) in [6.45, 7) is 5.72. The molecule has 0 atom stereocenters. The number of fused-ring (bicyclic) bond motifs is 3. The van der Waals surface area contributed by atoms with Crippen molar-refractivity contribution in [3.63, 3.8) is 0 Å². The van der Waals surface area contributed by atoms with E-state index in [0.717, 1.165) is 27.5 Å². The Kier molecular flexibility index (Phi) is 4.19. The third kappa shape index (κ3) is 2.63. The number of aromatic nitrogens is 1. The molecule has 0 saturated heterocycles. The van der Waals surface area contributed by atoms with Crippen LogP contribution >= 0.6 is 0 Å². The predicted molar refractivity (Wildman–Crippen MR) is 98.6 cm³/mol. The van der Waals surface area contributed by atoms with Gasteiger partial charge in [0.25, 0.3) is 0 Å². The first kappa shape index (κ1) is 15.3. The van der Waals surface area contributed by atoms with E-state index in [0.29, 0.717) is 5.46 Å². The molecule has 23 heavy (non-hydrogen) atoms. The minimum absolute atomic E-state index is 0.490. The van der Waals surface area contributed by atoms with Crippen LogP contribution in [0.25, 0.3) is 27.5 Å². The van der Waals surface area contributed by atoms with Crippen LogP contribution in [-0.4, -0.2) is 21.7 Å². The highest BCUT2D eigenvalue weighted by Crippen LogP contribution is 2.31. The van der Waals surface area contributed by atoms with Gasteiger partial charge in [0.15, 0.2) is 0 Å².